The van der Waals surface area contributed by atoms with Gasteiger partial charge in [-0.25, -0.2) is 15.8 Å². The molecule has 0 unspecified atom stereocenters. The third-order valence-electron chi connectivity index (χ3n) is 2.81. The summed E-state index contributed by atoms with van der Waals surface area (Å²) < 4.78 is 0. The number of nitrogens with one attached hydrogen (secondary N) is 1. The Balaban J connectivity index is 2.12. The van der Waals surface area contributed by atoms with Crippen LogP contribution >= 0.6 is 0 Å². The molecule has 104 valence electrons. The van der Waals surface area contributed by atoms with Gasteiger partial charge >= 0.3 is 0 Å². The Kier molecular flexibility index (Phi) is 4.56. The number of nitrogens with two attached hydrogens (primary N) is 1. The van der Waals surface area contributed by atoms with Crippen molar-refractivity contribution in [1.29, 1.82) is 0 Å². The number of rotatable bonds is 5. The zero-order chi connectivity index (χ0) is 14.4. The first-order valence-electron chi connectivity index (χ1n) is 6.21. The highest BCUT2D eigenvalue weighted by atomic mass is 16.2. The van der Waals surface area contributed by atoms with Crippen LogP contribution in [0.2, 0.25) is 0 Å². The minimum atomic E-state index is -0.166. The predicted octanol–water partition coefficient (Wildman–Crippen LogP) is 0.819. The van der Waals surface area contributed by atoms with E-state index in [4.69, 9.17) is 5.84 Å². The molecule has 3 N–H and O–H groups in total. The second-order valence-corrected chi connectivity index (χ2v) is 4.11. The van der Waals surface area contributed by atoms with Crippen molar-refractivity contribution < 1.29 is 4.79 Å². The zero-order valence-electron chi connectivity index (χ0n) is 11.2. The largest absolute Gasteiger partial charge is 0.333 e. The van der Waals surface area contributed by atoms with Crippen molar-refractivity contribution in [2.45, 2.75) is 13.5 Å². The van der Waals surface area contributed by atoms with Gasteiger partial charge < -0.3 is 10.3 Å². The molecule has 20 heavy (non-hydrogen) atoms. The van der Waals surface area contributed by atoms with Crippen molar-refractivity contribution in [2.75, 3.05) is 12.0 Å². The van der Waals surface area contributed by atoms with Gasteiger partial charge in [0.25, 0.3) is 5.91 Å². The summed E-state index contributed by atoms with van der Waals surface area (Å²) in [6.07, 6.45) is 6.24. The van der Waals surface area contributed by atoms with E-state index in [9.17, 15) is 4.79 Å². The number of carbonyl (C=O) groups excluding carboxylic acids is 1. The van der Waals surface area contributed by atoms with Gasteiger partial charge in [0.05, 0.1) is 12.4 Å². The molecule has 0 atom stereocenters. The Labute approximate surface area is 116 Å². The average molecular weight is 272 g/mol. The fourth-order valence-electron chi connectivity index (χ4n) is 1.71. The predicted molar refractivity (Wildman–Crippen MR) is 74.5 cm³/mol. The lowest BCUT2D eigenvalue weighted by Crippen LogP contribution is -2.31. The van der Waals surface area contributed by atoms with E-state index in [2.05, 4.69) is 20.4 Å². The van der Waals surface area contributed by atoms with Crippen LogP contribution in [0.1, 0.15) is 23.0 Å². The van der Waals surface area contributed by atoms with Crippen molar-refractivity contribution in [1.82, 2.24) is 19.9 Å². The third-order valence-corrected chi connectivity index (χ3v) is 2.81. The van der Waals surface area contributed by atoms with E-state index in [1.165, 1.54) is 12.4 Å². The first-order chi connectivity index (χ1) is 9.74. The maximum Gasteiger partial charge on any atom is 0.274 e. The normalized spacial score (nSPS) is 10.1. The number of nitrogens with zero attached hydrogens (tertiary/aromatic N) is 4. The van der Waals surface area contributed by atoms with Crippen molar-refractivity contribution >= 4 is 11.7 Å². The maximum atomic E-state index is 12.3. The van der Waals surface area contributed by atoms with Gasteiger partial charge in [-0.05, 0) is 24.6 Å². The number of nitrogen functional groups attached to an aromatic ring is 1. The minimum absolute atomic E-state index is 0.166. The van der Waals surface area contributed by atoms with Crippen LogP contribution in [0, 0.1) is 0 Å². The molecule has 0 saturated carbocycles. The van der Waals surface area contributed by atoms with Gasteiger partial charge in [-0.1, -0.05) is 0 Å². The van der Waals surface area contributed by atoms with Crippen molar-refractivity contribution in [3.05, 3.63) is 48.2 Å². The van der Waals surface area contributed by atoms with E-state index in [1.807, 2.05) is 19.1 Å². The summed E-state index contributed by atoms with van der Waals surface area (Å²) in [5.74, 6) is 5.46. The molecule has 0 aliphatic carbocycles. The van der Waals surface area contributed by atoms with Crippen molar-refractivity contribution in [2.24, 2.45) is 5.84 Å². The van der Waals surface area contributed by atoms with Gasteiger partial charge in [0.1, 0.15) is 5.69 Å². The highest BCUT2D eigenvalue weighted by Crippen LogP contribution is 2.08. The quantitative estimate of drug-likeness (QED) is 0.618. The topological polar surface area (TPSA) is 97.0 Å². The van der Waals surface area contributed by atoms with E-state index in [0.29, 0.717) is 24.6 Å². The molecule has 7 nitrogen and oxygen atoms in total. The Morgan fingerprint density at radius 1 is 1.30 bits per heavy atom. The van der Waals surface area contributed by atoms with Gasteiger partial charge in [0, 0.05) is 25.5 Å². The lowest BCUT2D eigenvalue weighted by molar-refractivity contribution is 0.0746. The molecule has 2 aromatic heterocycles. The molecule has 0 aliphatic heterocycles. The molecule has 0 saturated heterocycles. The number of hydrogen-bond acceptors (Lipinski definition) is 6. The number of amides is 1. The lowest BCUT2D eigenvalue weighted by atomic mass is 10.2. The lowest BCUT2D eigenvalue weighted by Gasteiger charge is -2.20. The minimum Gasteiger partial charge on any atom is -0.333 e. The van der Waals surface area contributed by atoms with E-state index >= 15 is 0 Å². The fourth-order valence-corrected chi connectivity index (χ4v) is 1.71. The standard InChI is InChI=1S/C13H16N6O/c1-2-19(9-10-3-5-15-6-4-10)13(20)11-7-17-12(18-14)8-16-11/h3-8H,2,9,14H2,1H3,(H,17,18). The Bertz CT molecular complexity index is 557. The molecule has 0 bridgehead atoms. The Morgan fingerprint density at radius 3 is 2.60 bits per heavy atom. The first kappa shape index (κ1) is 13.9. The number of aromatic nitrogens is 3. The molecule has 1 amide bonds. The van der Waals surface area contributed by atoms with Gasteiger partial charge in [0.2, 0.25) is 0 Å². The summed E-state index contributed by atoms with van der Waals surface area (Å²) in [6, 6.07) is 3.76. The molecule has 2 rings (SSSR count). The molecule has 0 fully saturated rings. The van der Waals surface area contributed by atoms with Crippen LogP contribution in [0.15, 0.2) is 36.9 Å². The van der Waals surface area contributed by atoms with Gasteiger partial charge in [-0.15, -0.1) is 0 Å². The summed E-state index contributed by atoms with van der Waals surface area (Å²) in [5, 5.41) is 0. The number of pyridine rings is 1. The molecule has 2 aromatic rings. The van der Waals surface area contributed by atoms with Crippen LogP contribution in [0.3, 0.4) is 0 Å². The summed E-state index contributed by atoms with van der Waals surface area (Å²) in [5.41, 5.74) is 3.68. The van der Waals surface area contributed by atoms with E-state index in [0.717, 1.165) is 5.56 Å². The van der Waals surface area contributed by atoms with Gasteiger partial charge in [0.15, 0.2) is 5.82 Å². The molecular formula is C13H16N6O. The van der Waals surface area contributed by atoms with Crippen LogP contribution in [-0.4, -0.2) is 32.3 Å². The third kappa shape index (κ3) is 3.27. The first-order valence-corrected chi connectivity index (χ1v) is 6.21. The summed E-state index contributed by atoms with van der Waals surface area (Å²) in [4.78, 5) is 26.0. The number of hydrazine groups is 1. The van der Waals surface area contributed by atoms with Crippen LogP contribution in [0.25, 0.3) is 0 Å². The number of carbonyl (C=O) groups is 1. The van der Waals surface area contributed by atoms with E-state index < -0.39 is 0 Å². The monoisotopic (exact) mass is 272 g/mol. The van der Waals surface area contributed by atoms with Crippen LogP contribution in [-0.2, 0) is 6.54 Å². The number of hydrogen-bond donors (Lipinski definition) is 2. The molecule has 0 radical (unpaired) electrons. The Morgan fingerprint density at radius 2 is 2.05 bits per heavy atom. The molecular weight excluding hydrogens is 256 g/mol. The van der Waals surface area contributed by atoms with Gasteiger partial charge in [-0.3, -0.25) is 9.78 Å². The van der Waals surface area contributed by atoms with E-state index in [-0.39, 0.29) is 5.91 Å². The van der Waals surface area contributed by atoms with Crippen LogP contribution in [0.5, 0.6) is 0 Å². The highest BCUT2D eigenvalue weighted by molar-refractivity contribution is 5.92. The molecule has 7 heteroatoms. The van der Waals surface area contributed by atoms with Crippen molar-refractivity contribution in [3.63, 3.8) is 0 Å². The zero-order valence-corrected chi connectivity index (χ0v) is 11.2. The highest BCUT2D eigenvalue weighted by Gasteiger charge is 2.16. The molecule has 0 spiro atoms. The number of anilines is 1. The second-order valence-electron chi connectivity index (χ2n) is 4.11. The Hall–Kier alpha value is -2.54. The molecule has 0 aliphatic rings. The summed E-state index contributed by atoms with van der Waals surface area (Å²) in [7, 11) is 0. The van der Waals surface area contributed by atoms with E-state index in [1.54, 1.807) is 17.3 Å². The molecule has 2 heterocycles. The molecule has 0 aromatic carbocycles. The maximum absolute atomic E-state index is 12.3. The fraction of sp³-hybridized carbons (Fsp3) is 0.231. The summed E-state index contributed by atoms with van der Waals surface area (Å²) >= 11 is 0. The second kappa shape index (κ2) is 6.58. The van der Waals surface area contributed by atoms with Gasteiger partial charge in [-0.2, -0.15) is 0 Å². The van der Waals surface area contributed by atoms with Crippen molar-refractivity contribution in [3.8, 4) is 0 Å². The summed E-state index contributed by atoms with van der Waals surface area (Å²) in [6.45, 7) is 3.01. The average Bonchev–Trinajstić information content (AvgIpc) is 2.53. The van der Waals surface area contributed by atoms with Crippen LogP contribution in [0.4, 0.5) is 5.82 Å². The van der Waals surface area contributed by atoms with Crippen LogP contribution < -0.4 is 11.3 Å². The SMILES string of the molecule is CCN(Cc1ccncc1)C(=O)c1cnc(NN)cn1. The smallest absolute Gasteiger partial charge is 0.274 e.